The van der Waals surface area contributed by atoms with Crippen LogP contribution < -0.4 is 4.74 Å². The van der Waals surface area contributed by atoms with Gasteiger partial charge in [-0.05, 0) is 47.9 Å². The maximum atomic E-state index is 13.9. The standard InChI is InChI=1S/C27H21ClFN3O2/c1-16(13-30)26-20-7-5-17(10-18(20)14-34-25-12-19(29)6-8-21(25)26)11-24-23(15-33-2)31-27-22(28)4-3-9-32(24)27/h3-10,12H,11,14-15H2,1-2H3/b26-16-. The lowest BCUT2D eigenvalue weighted by Crippen LogP contribution is -2.02. The molecule has 170 valence electrons. The summed E-state index contributed by atoms with van der Waals surface area (Å²) in [5, 5.41) is 10.2. The Morgan fingerprint density at radius 1 is 1.24 bits per heavy atom. The first-order valence-corrected chi connectivity index (χ1v) is 11.2. The van der Waals surface area contributed by atoms with E-state index in [1.165, 1.54) is 12.1 Å². The number of hydrogen-bond donors (Lipinski definition) is 0. The number of aromatic nitrogens is 2. The SMILES string of the molecule is COCc1nc2c(Cl)cccn2c1Cc1ccc2c(c1)COc1cc(F)ccc1/C2=C(/C)C#N. The molecular weight excluding hydrogens is 453 g/mol. The van der Waals surface area contributed by atoms with E-state index in [1.807, 2.05) is 34.9 Å². The van der Waals surface area contributed by atoms with Crippen molar-refractivity contribution in [3.63, 3.8) is 0 Å². The Bertz CT molecular complexity index is 1500. The van der Waals surface area contributed by atoms with Gasteiger partial charge in [0, 0.05) is 42.5 Å². The van der Waals surface area contributed by atoms with Gasteiger partial charge in [0.05, 0.1) is 29.1 Å². The first-order chi connectivity index (χ1) is 16.5. The molecule has 3 heterocycles. The molecule has 0 saturated carbocycles. The number of pyridine rings is 1. The van der Waals surface area contributed by atoms with E-state index < -0.39 is 0 Å². The first kappa shape index (κ1) is 22.1. The Hall–Kier alpha value is -3.66. The molecule has 0 bridgehead atoms. The summed E-state index contributed by atoms with van der Waals surface area (Å²) < 4.78 is 27.3. The van der Waals surface area contributed by atoms with E-state index in [0.29, 0.717) is 40.6 Å². The molecular formula is C27H21ClFN3O2. The molecule has 0 aliphatic carbocycles. The fourth-order valence-electron chi connectivity index (χ4n) is 4.47. The number of nitrogens with zero attached hydrogens (tertiary/aromatic N) is 3. The Labute approximate surface area is 201 Å². The molecule has 1 aliphatic rings. The number of fused-ring (bicyclic) bond motifs is 3. The molecule has 34 heavy (non-hydrogen) atoms. The zero-order chi connectivity index (χ0) is 23.8. The van der Waals surface area contributed by atoms with E-state index in [9.17, 15) is 9.65 Å². The number of benzene rings is 2. The molecule has 0 N–H and O–H groups in total. The number of nitriles is 1. The lowest BCUT2D eigenvalue weighted by Gasteiger charge is -2.13. The number of hydrogen-bond acceptors (Lipinski definition) is 4. The van der Waals surface area contributed by atoms with Crippen LogP contribution in [-0.2, 0) is 24.4 Å². The number of halogens is 2. The van der Waals surface area contributed by atoms with Gasteiger partial charge >= 0.3 is 0 Å². The van der Waals surface area contributed by atoms with Crippen molar-refractivity contribution in [2.45, 2.75) is 26.6 Å². The maximum absolute atomic E-state index is 13.9. The van der Waals surface area contributed by atoms with Crippen LogP contribution in [-0.4, -0.2) is 16.5 Å². The third-order valence-electron chi connectivity index (χ3n) is 6.01. The summed E-state index contributed by atoms with van der Waals surface area (Å²) in [6.07, 6.45) is 2.54. The molecule has 5 rings (SSSR count). The van der Waals surface area contributed by atoms with E-state index in [1.54, 1.807) is 20.1 Å². The number of rotatable bonds is 4. The van der Waals surface area contributed by atoms with Crippen LogP contribution in [0.3, 0.4) is 0 Å². The van der Waals surface area contributed by atoms with Crippen molar-refractivity contribution in [1.82, 2.24) is 9.38 Å². The van der Waals surface area contributed by atoms with Crippen molar-refractivity contribution in [3.05, 3.63) is 105 Å². The summed E-state index contributed by atoms with van der Waals surface area (Å²) in [5.41, 5.74) is 7.42. The lowest BCUT2D eigenvalue weighted by atomic mass is 9.89. The first-order valence-electron chi connectivity index (χ1n) is 10.8. The van der Waals surface area contributed by atoms with E-state index in [0.717, 1.165) is 33.7 Å². The highest BCUT2D eigenvalue weighted by Crippen LogP contribution is 2.39. The zero-order valence-corrected chi connectivity index (χ0v) is 19.5. The smallest absolute Gasteiger partial charge is 0.156 e. The van der Waals surface area contributed by atoms with Crippen molar-refractivity contribution in [3.8, 4) is 11.8 Å². The van der Waals surface area contributed by atoms with Crippen molar-refractivity contribution < 1.29 is 13.9 Å². The highest BCUT2D eigenvalue weighted by molar-refractivity contribution is 6.33. The fraction of sp³-hybridized carbons (Fsp3) is 0.185. The highest BCUT2D eigenvalue weighted by atomic mass is 35.5. The fourth-order valence-corrected chi connectivity index (χ4v) is 4.67. The second-order valence-electron chi connectivity index (χ2n) is 8.20. The summed E-state index contributed by atoms with van der Waals surface area (Å²) in [6, 6.07) is 16.5. The van der Waals surface area contributed by atoms with E-state index >= 15 is 0 Å². The van der Waals surface area contributed by atoms with Crippen molar-refractivity contribution in [1.29, 1.82) is 5.26 Å². The van der Waals surface area contributed by atoms with Crippen LogP contribution in [0.15, 0.2) is 60.3 Å². The van der Waals surface area contributed by atoms with Gasteiger partial charge in [-0.3, -0.25) is 0 Å². The normalized spacial score (nSPS) is 14.1. The van der Waals surface area contributed by atoms with Gasteiger partial charge in [0.1, 0.15) is 18.2 Å². The average Bonchev–Trinajstić information content (AvgIpc) is 3.09. The second-order valence-corrected chi connectivity index (χ2v) is 8.60. The predicted molar refractivity (Wildman–Crippen MR) is 128 cm³/mol. The minimum Gasteiger partial charge on any atom is -0.488 e. The Morgan fingerprint density at radius 2 is 2.06 bits per heavy atom. The summed E-state index contributed by atoms with van der Waals surface area (Å²) in [4.78, 5) is 4.68. The second kappa shape index (κ2) is 8.94. The summed E-state index contributed by atoms with van der Waals surface area (Å²) >= 11 is 6.37. The van der Waals surface area contributed by atoms with E-state index in [-0.39, 0.29) is 12.4 Å². The van der Waals surface area contributed by atoms with Crippen LogP contribution in [0, 0.1) is 17.1 Å². The van der Waals surface area contributed by atoms with Crippen LogP contribution in [0.2, 0.25) is 5.02 Å². The van der Waals surface area contributed by atoms with E-state index in [4.69, 9.17) is 21.1 Å². The molecule has 1 aliphatic heterocycles. The zero-order valence-electron chi connectivity index (χ0n) is 18.7. The van der Waals surface area contributed by atoms with Gasteiger partial charge in [0.25, 0.3) is 0 Å². The van der Waals surface area contributed by atoms with Crippen molar-refractivity contribution in [2.75, 3.05) is 7.11 Å². The number of allylic oxidation sites excluding steroid dienone is 1. The molecule has 0 unspecified atom stereocenters. The van der Waals surface area contributed by atoms with Gasteiger partial charge in [-0.2, -0.15) is 5.26 Å². The van der Waals surface area contributed by atoms with Crippen LogP contribution in [0.5, 0.6) is 5.75 Å². The molecule has 5 nitrogen and oxygen atoms in total. The monoisotopic (exact) mass is 473 g/mol. The molecule has 2 aromatic heterocycles. The number of ether oxygens (including phenoxy) is 2. The third-order valence-corrected chi connectivity index (χ3v) is 6.31. The van der Waals surface area contributed by atoms with Gasteiger partial charge in [-0.1, -0.05) is 29.8 Å². The van der Waals surface area contributed by atoms with Gasteiger partial charge in [-0.25, -0.2) is 9.37 Å². The lowest BCUT2D eigenvalue weighted by molar-refractivity contribution is 0.181. The number of imidazole rings is 1. The summed E-state index contributed by atoms with van der Waals surface area (Å²) in [6.45, 7) is 2.41. The van der Waals surface area contributed by atoms with Crippen LogP contribution in [0.4, 0.5) is 4.39 Å². The van der Waals surface area contributed by atoms with Crippen LogP contribution in [0.25, 0.3) is 11.2 Å². The van der Waals surface area contributed by atoms with Crippen LogP contribution in [0.1, 0.15) is 40.6 Å². The Balaban J connectivity index is 1.61. The maximum Gasteiger partial charge on any atom is 0.156 e. The molecule has 0 amide bonds. The quantitative estimate of drug-likeness (QED) is 0.336. The van der Waals surface area contributed by atoms with Gasteiger partial charge in [-0.15, -0.1) is 0 Å². The van der Waals surface area contributed by atoms with E-state index in [2.05, 4.69) is 17.1 Å². The molecule has 7 heteroatoms. The molecule has 2 aromatic carbocycles. The molecule has 0 saturated heterocycles. The molecule has 4 aromatic rings. The minimum atomic E-state index is -0.378. The molecule has 0 spiro atoms. The molecule has 0 fully saturated rings. The Kier molecular flexibility index (Phi) is 5.82. The molecule has 0 atom stereocenters. The van der Waals surface area contributed by atoms with Gasteiger partial charge < -0.3 is 13.9 Å². The number of methoxy groups -OCH3 is 1. The van der Waals surface area contributed by atoms with Crippen molar-refractivity contribution >= 4 is 22.8 Å². The minimum absolute atomic E-state index is 0.270. The molecule has 0 radical (unpaired) electrons. The van der Waals surface area contributed by atoms with Gasteiger partial charge in [0.2, 0.25) is 0 Å². The van der Waals surface area contributed by atoms with Crippen LogP contribution >= 0.6 is 11.6 Å². The highest BCUT2D eigenvalue weighted by Gasteiger charge is 2.23. The largest absolute Gasteiger partial charge is 0.488 e. The van der Waals surface area contributed by atoms with Crippen molar-refractivity contribution in [2.24, 2.45) is 0 Å². The third kappa shape index (κ3) is 3.83. The summed E-state index contributed by atoms with van der Waals surface area (Å²) in [7, 11) is 1.64. The average molecular weight is 474 g/mol. The topological polar surface area (TPSA) is 59.6 Å². The van der Waals surface area contributed by atoms with Gasteiger partial charge in [0.15, 0.2) is 5.65 Å². The Morgan fingerprint density at radius 3 is 2.85 bits per heavy atom. The summed E-state index contributed by atoms with van der Waals surface area (Å²) in [5.74, 6) is 0.0532. The predicted octanol–water partition coefficient (Wildman–Crippen LogP) is 6.10.